The Kier molecular flexibility index (Phi) is 5.91. The Labute approximate surface area is 97.7 Å². The third-order valence-electron chi connectivity index (χ3n) is 1.47. The van der Waals surface area contributed by atoms with Crippen LogP contribution < -0.4 is 0 Å². The van der Waals surface area contributed by atoms with Crippen molar-refractivity contribution in [2.45, 2.75) is 5.75 Å². The van der Waals surface area contributed by atoms with Crippen LogP contribution in [-0.2, 0) is 10.5 Å². The number of aldehydes is 1. The predicted molar refractivity (Wildman–Crippen MR) is 68.9 cm³/mol. The van der Waals surface area contributed by atoms with E-state index in [0.717, 1.165) is 15.6 Å². The van der Waals surface area contributed by atoms with E-state index in [1.165, 1.54) is 17.3 Å². The Morgan fingerprint density at radius 2 is 2.00 bits per heavy atom. The first kappa shape index (κ1) is 11.8. The largest absolute Gasteiger partial charge is 0.302 e. The van der Waals surface area contributed by atoms with E-state index in [1.54, 1.807) is 11.8 Å². The summed E-state index contributed by atoms with van der Waals surface area (Å²) in [6, 6.07) is 10.2. The van der Waals surface area contributed by atoms with Crippen molar-refractivity contribution in [1.82, 2.24) is 0 Å². The highest BCUT2D eigenvalue weighted by Gasteiger charge is 1.98. The molecule has 0 radical (unpaired) electrons. The number of hydrogen-bond acceptors (Lipinski definition) is 4. The number of thiocarbonyl (C=S) groups is 1. The lowest BCUT2D eigenvalue weighted by atomic mass is 10.2. The molecular weight excluding hydrogens is 232 g/mol. The van der Waals surface area contributed by atoms with Crippen molar-refractivity contribution in [3.05, 3.63) is 35.9 Å². The minimum Gasteiger partial charge on any atom is -0.302 e. The Hall–Kier alpha value is -0.320. The standard InChI is InChI=1S/C10H10OS3/c11-6-7-13-10(12)14-8-9-4-2-1-3-5-9/h1-6H,7-8H2. The van der Waals surface area contributed by atoms with E-state index in [9.17, 15) is 4.79 Å². The van der Waals surface area contributed by atoms with Gasteiger partial charge >= 0.3 is 0 Å². The van der Waals surface area contributed by atoms with Crippen LogP contribution in [0.4, 0.5) is 0 Å². The second kappa shape index (κ2) is 7.04. The van der Waals surface area contributed by atoms with Crippen molar-refractivity contribution in [3.63, 3.8) is 0 Å². The lowest BCUT2D eigenvalue weighted by molar-refractivity contribution is -0.105. The average molecular weight is 242 g/mol. The molecule has 1 rings (SSSR count). The van der Waals surface area contributed by atoms with E-state index >= 15 is 0 Å². The summed E-state index contributed by atoms with van der Waals surface area (Å²) < 4.78 is 0.834. The lowest BCUT2D eigenvalue weighted by Gasteiger charge is -2.00. The number of hydrogen-bond donors (Lipinski definition) is 0. The summed E-state index contributed by atoms with van der Waals surface area (Å²) in [7, 11) is 0. The van der Waals surface area contributed by atoms with Crippen molar-refractivity contribution in [2.24, 2.45) is 0 Å². The second-order valence-corrected chi connectivity index (χ2v) is 5.70. The molecule has 4 heteroatoms. The van der Waals surface area contributed by atoms with Gasteiger partial charge < -0.3 is 4.79 Å². The third-order valence-corrected chi connectivity index (χ3v) is 4.13. The maximum Gasteiger partial charge on any atom is 0.130 e. The quantitative estimate of drug-likeness (QED) is 0.595. The van der Waals surface area contributed by atoms with Gasteiger partial charge in [0.05, 0.1) is 5.75 Å². The highest BCUT2D eigenvalue weighted by atomic mass is 32.2. The molecule has 0 saturated carbocycles. The summed E-state index contributed by atoms with van der Waals surface area (Å²) in [6.45, 7) is 0. The molecule has 0 fully saturated rings. The number of carbonyl (C=O) groups excluding carboxylic acids is 1. The van der Waals surface area contributed by atoms with E-state index in [-0.39, 0.29) is 0 Å². The molecule has 0 aliphatic rings. The van der Waals surface area contributed by atoms with E-state index in [1.807, 2.05) is 18.2 Å². The smallest absolute Gasteiger partial charge is 0.130 e. The van der Waals surface area contributed by atoms with Gasteiger partial charge in [-0.1, -0.05) is 42.5 Å². The molecule has 0 saturated heterocycles. The molecule has 1 aromatic rings. The topological polar surface area (TPSA) is 17.1 Å². The predicted octanol–water partition coefficient (Wildman–Crippen LogP) is 3.14. The maximum atomic E-state index is 10.1. The summed E-state index contributed by atoms with van der Waals surface area (Å²) in [5.74, 6) is 1.34. The van der Waals surface area contributed by atoms with E-state index < -0.39 is 0 Å². The third kappa shape index (κ3) is 4.79. The fourth-order valence-corrected chi connectivity index (χ4v) is 2.64. The van der Waals surface area contributed by atoms with E-state index in [4.69, 9.17) is 12.2 Å². The SMILES string of the molecule is O=CCSC(=S)SCc1ccccc1. The van der Waals surface area contributed by atoms with Crippen LogP contribution in [0.15, 0.2) is 30.3 Å². The summed E-state index contributed by atoms with van der Waals surface area (Å²) in [5, 5.41) is 0. The summed E-state index contributed by atoms with van der Waals surface area (Å²) in [6.07, 6.45) is 0.875. The van der Waals surface area contributed by atoms with Gasteiger partial charge in [0.2, 0.25) is 0 Å². The van der Waals surface area contributed by atoms with Gasteiger partial charge in [0, 0.05) is 5.75 Å². The zero-order valence-electron chi connectivity index (χ0n) is 7.51. The van der Waals surface area contributed by atoms with E-state index in [0.29, 0.717) is 5.75 Å². The normalized spacial score (nSPS) is 9.71. The zero-order chi connectivity index (χ0) is 10.2. The summed E-state index contributed by atoms with van der Waals surface area (Å²) >= 11 is 8.11. The van der Waals surface area contributed by atoms with Gasteiger partial charge in [-0.2, -0.15) is 0 Å². The minimum atomic E-state index is 0.459. The molecule has 0 unspecified atom stereocenters. The first-order chi connectivity index (χ1) is 6.83. The molecular formula is C10H10OS3. The lowest BCUT2D eigenvalue weighted by Crippen LogP contribution is -1.87. The summed E-state index contributed by atoms with van der Waals surface area (Å²) in [5.41, 5.74) is 1.26. The molecule has 1 aromatic carbocycles. The van der Waals surface area contributed by atoms with Crippen LogP contribution in [0.2, 0.25) is 0 Å². The van der Waals surface area contributed by atoms with Crippen molar-refractivity contribution in [2.75, 3.05) is 5.75 Å². The van der Waals surface area contributed by atoms with Gasteiger partial charge in [0.1, 0.15) is 9.81 Å². The van der Waals surface area contributed by atoms with Crippen LogP contribution in [0, 0.1) is 0 Å². The second-order valence-electron chi connectivity index (χ2n) is 2.50. The van der Waals surface area contributed by atoms with Gasteiger partial charge in [0.25, 0.3) is 0 Å². The Morgan fingerprint density at radius 1 is 1.29 bits per heavy atom. The van der Waals surface area contributed by atoms with Crippen LogP contribution in [0.3, 0.4) is 0 Å². The van der Waals surface area contributed by atoms with Gasteiger partial charge in [-0.25, -0.2) is 0 Å². The Morgan fingerprint density at radius 3 is 2.64 bits per heavy atom. The molecule has 0 aliphatic heterocycles. The maximum absolute atomic E-state index is 10.1. The van der Waals surface area contributed by atoms with Gasteiger partial charge in [-0.3, -0.25) is 0 Å². The highest BCUT2D eigenvalue weighted by Crippen LogP contribution is 2.20. The zero-order valence-corrected chi connectivity index (χ0v) is 9.96. The van der Waals surface area contributed by atoms with Crippen molar-refractivity contribution in [1.29, 1.82) is 0 Å². The molecule has 0 N–H and O–H groups in total. The Balaban J connectivity index is 2.27. The van der Waals surface area contributed by atoms with Crippen LogP contribution in [0.5, 0.6) is 0 Å². The fraction of sp³-hybridized carbons (Fsp3) is 0.200. The number of rotatable bonds is 4. The van der Waals surface area contributed by atoms with Crippen LogP contribution in [0.25, 0.3) is 0 Å². The number of carbonyl (C=O) groups is 1. The van der Waals surface area contributed by atoms with Crippen molar-refractivity contribution >= 4 is 45.6 Å². The first-order valence-electron chi connectivity index (χ1n) is 4.10. The molecule has 0 aliphatic carbocycles. The molecule has 0 atom stereocenters. The van der Waals surface area contributed by atoms with Crippen molar-refractivity contribution < 1.29 is 4.79 Å². The molecule has 0 bridgehead atoms. The first-order valence-corrected chi connectivity index (χ1v) is 6.48. The Bertz CT molecular complexity index is 297. The molecule has 14 heavy (non-hydrogen) atoms. The van der Waals surface area contributed by atoms with E-state index in [2.05, 4.69) is 12.1 Å². The molecule has 1 nitrogen and oxygen atoms in total. The summed E-state index contributed by atoms with van der Waals surface area (Å²) in [4.78, 5) is 10.1. The molecule has 0 heterocycles. The van der Waals surface area contributed by atoms with Crippen LogP contribution >= 0.6 is 35.7 Å². The molecule has 0 spiro atoms. The number of benzene rings is 1. The molecule has 0 amide bonds. The van der Waals surface area contributed by atoms with Crippen LogP contribution in [0.1, 0.15) is 5.56 Å². The molecule has 74 valence electrons. The van der Waals surface area contributed by atoms with Gasteiger partial charge in [0.15, 0.2) is 0 Å². The highest BCUT2D eigenvalue weighted by molar-refractivity contribution is 8.47. The van der Waals surface area contributed by atoms with Crippen LogP contribution in [-0.4, -0.2) is 15.6 Å². The van der Waals surface area contributed by atoms with Gasteiger partial charge in [-0.05, 0) is 5.56 Å². The molecule has 0 aromatic heterocycles. The van der Waals surface area contributed by atoms with Gasteiger partial charge in [-0.15, -0.1) is 23.5 Å². The fourth-order valence-electron chi connectivity index (χ4n) is 0.860. The average Bonchev–Trinajstić information content (AvgIpc) is 2.25. The minimum absolute atomic E-state index is 0.459. The number of thioether (sulfide) groups is 2. The monoisotopic (exact) mass is 242 g/mol. The van der Waals surface area contributed by atoms with Crippen molar-refractivity contribution in [3.8, 4) is 0 Å².